The summed E-state index contributed by atoms with van der Waals surface area (Å²) in [6.07, 6.45) is 3.06. The topological polar surface area (TPSA) is 27.2 Å². The van der Waals surface area contributed by atoms with Crippen LogP contribution in [0, 0.1) is 4.77 Å². The van der Waals surface area contributed by atoms with Crippen LogP contribution in [0.15, 0.2) is 6.20 Å². The molecule has 1 aromatic heterocycles. The molecule has 1 saturated heterocycles. The Kier molecular flexibility index (Phi) is 4.01. The summed E-state index contributed by atoms with van der Waals surface area (Å²) in [7, 11) is 4.40. The lowest BCUT2D eigenvalue weighted by molar-refractivity contribution is 0.102. The van der Waals surface area contributed by atoms with E-state index in [-0.39, 0.29) is 0 Å². The molecule has 1 fully saturated rings. The van der Waals surface area contributed by atoms with Gasteiger partial charge in [0.15, 0.2) is 4.77 Å². The predicted octanol–water partition coefficient (Wildman–Crippen LogP) is 1.35. The van der Waals surface area contributed by atoms with Gasteiger partial charge in [-0.25, -0.2) is 0 Å². The number of aromatic nitrogens is 2. The van der Waals surface area contributed by atoms with Gasteiger partial charge in [-0.3, -0.25) is 4.90 Å². The first-order chi connectivity index (χ1) is 8.11. The minimum Gasteiger partial charge on any atom is -0.337 e. The van der Waals surface area contributed by atoms with Gasteiger partial charge in [0.1, 0.15) is 0 Å². The standard InChI is InChI=1S/C12H22N4S/c1-4-10-7-13-12(17)16(10)9-11-8-14(2)5-6-15(11)3/h7,11H,4-6,8-9H2,1-3H3,(H,13,17). The van der Waals surface area contributed by atoms with Crippen molar-refractivity contribution in [2.24, 2.45) is 0 Å². The van der Waals surface area contributed by atoms with Gasteiger partial charge in [0, 0.05) is 44.1 Å². The van der Waals surface area contributed by atoms with E-state index in [4.69, 9.17) is 12.2 Å². The summed E-state index contributed by atoms with van der Waals surface area (Å²) in [4.78, 5) is 7.98. The van der Waals surface area contributed by atoms with Gasteiger partial charge in [0.05, 0.1) is 0 Å². The highest BCUT2D eigenvalue weighted by Gasteiger charge is 2.23. The molecule has 1 unspecified atom stereocenters. The minimum atomic E-state index is 0.557. The summed E-state index contributed by atoms with van der Waals surface area (Å²) >= 11 is 5.35. The first-order valence-corrected chi connectivity index (χ1v) is 6.68. The third-order valence-corrected chi connectivity index (χ3v) is 4.03. The van der Waals surface area contributed by atoms with Crippen LogP contribution >= 0.6 is 12.2 Å². The quantitative estimate of drug-likeness (QED) is 0.825. The highest BCUT2D eigenvalue weighted by Crippen LogP contribution is 2.11. The molecule has 5 heteroatoms. The number of likely N-dealkylation sites (N-methyl/N-ethyl adjacent to an activating group) is 2. The molecule has 2 heterocycles. The number of rotatable bonds is 3. The van der Waals surface area contributed by atoms with Crippen LogP contribution in [-0.4, -0.2) is 59.1 Å². The van der Waals surface area contributed by atoms with Gasteiger partial charge in [-0.2, -0.15) is 0 Å². The van der Waals surface area contributed by atoms with Crippen LogP contribution in [-0.2, 0) is 13.0 Å². The van der Waals surface area contributed by atoms with Crippen molar-refractivity contribution in [2.45, 2.75) is 25.9 Å². The molecule has 0 aromatic carbocycles. The van der Waals surface area contributed by atoms with Crippen molar-refractivity contribution >= 4 is 12.2 Å². The summed E-state index contributed by atoms with van der Waals surface area (Å²) in [5, 5.41) is 0. The second-order valence-corrected chi connectivity index (χ2v) is 5.33. The molecule has 1 aliphatic rings. The zero-order valence-corrected chi connectivity index (χ0v) is 11.8. The van der Waals surface area contributed by atoms with Crippen molar-refractivity contribution in [3.05, 3.63) is 16.7 Å². The Bertz CT molecular complexity index is 422. The third kappa shape index (κ3) is 2.78. The van der Waals surface area contributed by atoms with E-state index < -0.39 is 0 Å². The zero-order chi connectivity index (χ0) is 12.4. The van der Waals surface area contributed by atoms with E-state index in [1.54, 1.807) is 0 Å². The van der Waals surface area contributed by atoms with E-state index in [2.05, 4.69) is 40.4 Å². The number of H-pyrrole nitrogens is 1. The van der Waals surface area contributed by atoms with Crippen molar-refractivity contribution in [2.75, 3.05) is 33.7 Å². The molecule has 0 aliphatic carbocycles. The Morgan fingerprint density at radius 3 is 2.88 bits per heavy atom. The molecule has 17 heavy (non-hydrogen) atoms. The molecule has 0 amide bonds. The van der Waals surface area contributed by atoms with Crippen molar-refractivity contribution in [1.29, 1.82) is 0 Å². The summed E-state index contributed by atoms with van der Waals surface area (Å²) in [6, 6.07) is 0.557. The largest absolute Gasteiger partial charge is 0.337 e. The fraction of sp³-hybridized carbons (Fsp3) is 0.750. The molecule has 96 valence electrons. The lowest BCUT2D eigenvalue weighted by Gasteiger charge is -2.38. The molecule has 0 radical (unpaired) electrons. The van der Waals surface area contributed by atoms with Gasteiger partial charge in [0.25, 0.3) is 0 Å². The van der Waals surface area contributed by atoms with Crippen molar-refractivity contribution < 1.29 is 0 Å². The molecular weight excluding hydrogens is 232 g/mol. The number of aromatic amines is 1. The van der Waals surface area contributed by atoms with Gasteiger partial charge in [0.2, 0.25) is 0 Å². The number of hydrogen-bond donors (Lipinski definition) is 1. The smallest absolute Gasteiger partial charge is 0.177 e. The van der Waals surface area contributed by atoms with Gasteiger partial charge < -0.3 is 14.5 Å². The molecule has 1 N–H and O–H groups in total. The Balaban J connectivity index is 2.13. The van der Waals surface area contributed by atoms with E-state index in [0.29, 0.717) is 6.04 Å². The van der Waals surface area contributed by atoms with Gasteiger partial charge >= 0.3 is 0 Å². The van der Waals surface area contributed by atoms with Crippen LogP contribution in [0.5, 0.6) is 0 Å². The van der Waals surface area contributed by atoms with Crippen molar-refractivity contribution in [1.82, 2.24) is 19.4 Å². The Hall–Kier alpha value is -0.650. The monoisotopic (exact) mass is 254 g/mol. The van der Waals surface area contributed by atoms with E-state index in [0.717, 1.165) is 37.4 Å². The van der Waals surface area contributed by atoms with E-state index in [1.165, 1.54) is 5.69 Å². The number of nitrogens with one attached hydrogen (secondary N) is 1. The zero-order valence-electron chi connectivity index (χ0n) is 10.9. The lowest BCUT2D eigenvalue weighted by Crippen LogP contribution is -2.51. The fourth-order valence-electron chi connectivity index (χ4n) is 2.43. The van der Waals surface area contributed by atoms with E-state index in [9.17, 15) is 0 Å². The van der Waals surface area contributed by atoms with Crippen LogP contribution in [0.1, 0.15) is 12.6 Å². The van der Waals surface area contributed by atoms with Crippen molar-refractivity contribution in [3.63, 3.8) is 0 Å². The Morgan fingerprint density at radius 2 is 2.18 bits per heavy atom. The molecule has 0 bridgehead atoms. The van der Waals surface area contributed by atoms with E-state index in [1.807, 2.05) is 6.20 Å². The van der Waals surface area contributed by atoms with Crippen LogP contribution in [0.2, 0.25) is 0 Å². The maximum absolute atomic E-state index is 5.35. The summed E-state index contributed by atoms with van der Waals surface area (Å²) in [5.74, 6) is 0. The average molecular weight is 254 g/mol. The number of nitrogens with zero attached hydrogens (tertiary/aromatic N) is 3. The molecule has 0 saturated carbocycles. The van der Waals surface area contributed by atoms with Crippen LogP contribution in [0.25, 0.3) is 0 Å². The molecule has 1 aromatic rings. The van der Waals surface area contributed by atoms with Crippen LogP contribution < -0.4 is 0 Å². The van der Waals surface area contributed by atoms with Crippen molar-refractivity contribution in [3.8, 4) is 0 Å². The highest BCUT2D eigenvalue weighted by molar-refractivity contribution is 7.71. The number of aryl methyl sites for hydroxylation is 1. The second kappa shape index (κ2) is 5.33. The first kappa shape index (κ1) is 12.8. The predicted molar refractivity (Wildman–Crippen MR) is 72.9 cm³/mol. The molecule has 4 nitrogen and oxygen atoms in total. The normalized spacial score (nSPS) is 23.1. The maximum atomic E-state index is 5.35. The fourth-order valence-corrected chi connectivity index (χ4v) is 2.68. The Morgan fingerprint density at radius 1 is 1.41 bits per heavy atom. The lowest BCUT2D eigenvalue weighted by atomic mass is 10.2. The summed E-state index contributed by atoms with van der Waals surface area (Å²) in [5.41, 5.74) is 1.30. The van der Waals surface area contributed by atoms with Gasteiger partial charge in [-0.15, -0.1) is 0 Å². The van der Waals surface area contributed by atoms with E-state index >= 15 is 0 Å². The number of hydrogen-bond acceptors (Lipinski definition) is 3. The summed E-state index contributed by atoms with van der Waals surface area (Å²) in [6.45, 7) is 6.58. The highest BCUT2D eigenvalue weighted by atomic mass is 32.1. The maximum Gasteiger partial charge on any atom is 0.177 e. The van der Waals surface area contributed by atoms with Gasteiger partial charge in [-0.1, -0.05) is 6.92 Å². The van der Waals surface area contributed by atoms with Crippen LogP contribution in [0.4, 0.5) is 0 Å². The Labute approximate surface area is 108 Å². The second-order valence-electron chi connectivity index (χ2n) is 4.95. The van der Waals surface area contributed by atoms with Gasteiger partial charge in [-0.05, 0) is 32.7 Å². The summed E-state index contributed by atoms with van der Waals surface area (Å²) < 4.78 is 3.10. The molecular formula is C12H22N4S. The minimum absolute atomic E-state index is 0.557. The molecule has 1 atom stereocenters. The average Bonchev–Trinajstić information content (AvgIpc) is 2.65. The number of imidazole rings is 1. The van der Waals surface area contributed by atoms with Crippen LogP contribution in [0.3, 0.4) is 0 Å². The molecule has 2 rings (SSSR count). The SMILES string of the molecule is CCc1c[nH]c(=S)n1CC1CN(C)CCN1C. The molecule has 1 aliphatic heterocycles. The molecule has 0 spiro atoms. The first-order valence-electron chi connectivity index (χ1n) is 6.27. The third-order valence-electron chi connectivity index (χ3n) is 3.69. The number of piperazine rings is 1.